The minimum atomic E-state index is -0.565. The average Bonchev–Trinajstić information content (AvgIpc) is 2.43. The van der Waals surface area contributed by atoms with E-state index in [4.69, 9.17) is 11.6 Å². The molecule has 1 N–H and O–H groups in total. The largest absolute Gasteiger partial charge is 0.506 e. The first-order chi connectivity index (χ1) is 9.47. The highest BCUT2D eigenvalue weighted by atomic mass is 35.5. The Kier molecular flexibility index (Phi) is 7.03. The van der Waals surface area contributed by atoms with E-state index in [1.807, 2.05) is 31.2 Å². The summed E-state index contributed by atoms with van der Waals surface area (Å²) in [5.74, 6) is 1.04. The Hall–Kier alpha value is -1.06. The molecule has 0 aliphatic rings. The van der Waals surface area contributed by atoms with Crippen LogP contribution in [0.3, 0.4) is 0 Å². The first-order valence-corrected chi connectivity index (χ1v) is 8.74. The van der Waals surface area contributed by atoms with Crippen LogP contribution in [0.15, 0.2) is 30.3 Å². The van der Waals surface area contributed by atoms with Gasteiger partial charge in [0.1, 0.15) is 5.75 Å². The van der Waals surface area contributed by atoms with Gasteiger partial charge in [0.2, 0.25) is 0 Å². The van der Waals surface area contributed by atoms with Crippen LogP contribution in [0.4, 0.5) is 0 Å². The summed E-state index contributed by atoms with van der Waals surface area (Å²) in [6.45, 7) is 4.08. The van der Waals surface area contributed by atoms with Gasteiger partial charge in [-0.25, -0.2) is 0 Å². The summed E-state index contributed by atoms with van der Waals surface area (Å²) in [6.07, 6.45) is 4.00. The number of rotatable bonds is 3. The van der Waals surface area contributed by atoms with Gasteiger partial charge in [0.05, 0.1) is 5.02 Å². The van der Waals surface area contributed by atoms with Crippen LogP contribution in [-0.4, -0.2) is 21.3 Å². The zero-order chi connectivity index (χ0) is 15.1. The Morgan fingerprint density at radius 3 is 2.35 bits per heavy atom. The molecule has 1 unspecified atom stereocenters. The minimum absolute atomic E-state index is 0.169. The molecule has 0 saturated heterocycles. The number of fused-ring (bicyclic) bond motifs is 1. The smallest absolute Gasteiger partial charge is 0.142 e. The fourth-order valence-electron chi connectivity index (χ4n) is 1.85. The summed E-state index contributed by atoms with van der Waals surface area (Å²) in [4.78, 5) is 0. The monoisotopic (exact) mass is 312 g/mol. The third kappa shape index (κ3) is 4.80. The average molecular weight is 313 g/mol. The van der Waals surface area contributed by atoms with Gasteiger partial charge >= 0.3 is 0 Å². The predicted molar refractivity (Wildman–Crippen MR) is 89.2 cm³/mol. The second-order valence-corrected chi connectivity index (χ2v) is 6.66. The summed E-state index contributed by atoms with van der Waals surface area (Å²) >= 11 is 5.84. The molecule has 0 spiro atoms. The molecule has 0 bridgehead atoms. The molecule has 2 nitrogen and oxygen atoms in total. The Bertz CT molecular complexity index is 596. The fraction of sp³-hybridized carbons (Fsp3) is 0.375. The number of halogens is 1. The molecule has 0 fully saturated rings. The molecule has 0 aliphatic carbocycles. The maximum atomic E-state index is 10.3. The van der Waals surface area contributed by atoms with Gasteiger partial charge in [-0.3, -0.25) is 4.21 Å². The summed E-state index contributed by atoms with van der Waals surface area (Å²) in [7, 11) is -0.565. The maximum absolute atomic E-state index is 10.3. The van der Waals surface area contributed by atoms with Gasteiger partial charge in [-0.2, -0.15) is 0 Å². The van der Waals surface area contributed by atoms with E-state index in [1.54, 1.807) is 12.3 Å². The lowest BCUT2D eigenvalue weighted by molar-refractivity contribution is 0.482. The summed E-state index contributed by atoms with van der Waals surface area (Å²) in [5.41, 5.74) is 1.08. The van der Waals surface area contributed by atoms with E-state index in [2.05, 4.69) is 6.92 Å². The predicted octanol–water partition coefficient (Wildman–Crippen LogP) is 4.67. The van der Waals surface area contributed by atoms with Crippen molar-refractivity contribution >= 4 is 33.2 Å². The lowest BCUT2D eigenvalue weighted by Gasteiger charge is -2.05. The standard InChI is InChI=1S/C11H9ClO.C5H12OS/c1-7-6-10(12)11(13)9-5-3-2-4-8(7)9;1-3-4-5-7(2)6/h2-6,13H,1H3;3-5H2,1-2H3. The SMILES string of the molecule is CCCCS(C)=O.Cc1cc(Cl)c(O)c2ccccc12. The van der Waals surface area contributed by atoms with Crippen LogP contribution in [0.5, 0.6) is 5.75 Å². The molecule has 110 valence electrons. The zero-order valence-corrected chi connectivity index (χ0v) is 13.7. The van der Waals surface area contributed by atoms with E-state index in [1.165, 1.54) is 0 Å². The van der Waals surface area contributed by atoms with Gasteiger partial charge in [-0.15, -0.1) is 0 Å². The van der Waals surface area contributed by atoms with E-state index in [0.29, 0.717) is 5.02 Å². The van der Waals surface area contributed by atoms with Gasteiger partial charge in [-0.1, -0.05) is 49.2 Å². The Balaban J connectivity index is 0.000000246. The highest BCUT2D eigenvalue weighted by Crippen LogP contribution is 2.34. The number of aryl methyl sites for hydroxylation is 1. The number of phenols is 1. The van der Waals surface area contributed by atoms with E-state index in [9.17, 15) is 9.32 Å². The fourth-order valence-corrected chi connectivity index (χ4v) is 2.81. The first-order valence-electron chi connectivity index (χ1n) is 6.64. The highest BCUT2D eigenvalue weighted by molar-refractivity contribution is 7.84. The summed E-state index contributed by atoms with van der Waals surface area (Å²) < 4.78 is 10.3. The highest BCUT2D eigenvalue weighted by Gasteiger charge is 2.05. The Labute approximate surface area is 128 Å². The van der Waals surface area contributed by atoms with E-state index in [-0.39, 0.29) is 5.75 Å². The first kappa shape index (κ1) is 17.0. The molecular weight excluding hydrogens is 292 g/mol. The molecular formula is C16H21ClO2S. The lowest BCUT2D eigenvalue weighted by atomic mass is 10.1. The molecule has 0 heterocycles. The molecule has 20 heavy (non-hydrogen) atoms. The van der Waals surface area contributed by atoms with E-state index in [0.717, 1.165) is 34.9 Å². The van der Waals surface area contributed by atoms with Crippen LogP contribution in [0, 0.1) is 6.92 Å². The maximum Gasteiger partial charge on any atom is 0.142 e. The summed E-state index contributed by atoms with van der Waals surface area (Å²) in [6, 6.07) is 9.45. The summed E-state index contributed by atoms with van der Waals surface area (Å²) in [5, 5.41) is 11.9. The number of benzene rings is 2. The Morgan fingerprint density at radius 1 is 1.25 bits per heavy atom. The molecule has 2 aromatic rings. The van der Waals surface area contributed by atoms with Crippen molar-refractivity contribution in [1.82, 2.24) is 0 Å². The van der Waals surface area contributed by atoms with Gasteiger partial charge in [0, 0.05) is 28.2 Å². The van der Waals surface area contributed by atoms with Crippen molar-refractivity contribution in [3.63, 3.8) is 0 Å². The molecule has 0 amide bonds. The van der Waals surface area contributed by atoms with Crippen molar-refractivity contribution in [2.45, 2.75) is 26.7 Å². The van der Waals surface area contributed by atoms with Crippen LogP contribution in [0.1, 0.15) is 25.3 Å². The normalized spacial score (nSPS) is 11.8. The van der Waals surface area contributed by atoms with Gasteiger partial charge in [0.15, 0.2) is 0 Å². The molecule has 0 aromatic heterocycles. The van der Waals surface area contributed by atoms with Crippen LogP contribution < -0.4 is 0 Å². The second-order valence-electron chi connectivity index (χ2n) is 4.70. The number of phenolic OH excluding ortho intramolecular Hbond substituents is 1. The van der Waals surface area contributed by atoms with Crippen molar-refractivity contribution in [1.29, 1.82) is 0 Å². The van der Waals surface area contributed by atoms with Crippen molar-refractivity contribution in [3.05, 3.63) is 40.9 Å². The van der Waals surface area contributed by atoms with Gasteiger partial charge in [0.25, 0.3) is 0 Å². The molecule has 0 radical (unpaired) electrons. The number of hydrogen-bond acceptors (Lipinski definition) is 2. The van der Waals surface area contributed by atoms with E-state index >= 15 is 0 Å². The van der Waals surface area contributed by atoms with Crippen LogP contribution >= 0.6 is 11.6 Å². The molecule has 0 aliphatic heterocycles. The van der Waals surface area contributed by atoms with Crippen LogP contribution in [0.25, 0.3) is 10.8 Å². The zero-order valence-electron chi connectivity index (χ0n) is 12.1. The quantitative estimate of drug-likeness (QED) is 0.894. The Morgan fingerprint density at radius 2 is 1.85 bits per heavy atom. The molecule has 2 aromatic carbocycles. The number of hydrogen-bond donors (Lipinski definition) is 1. The topological polar surface area (TPSA) is 37.3 Å². The van der Waals surface area contributed by atoms with Crippen molar-refractivity contribution in [2.24, 2.45) is 0 Å². The van der Waals surface area contributed by atoms with Crippen molar-refractivity contribution in [3.8, 4) is 5.75 Å². The van der Waals surface area contributed by atoms with E-state index < -0.39 is 10.8 Å². The number of aromatic hydroxyl groups is 1. The van der Waals surface area contributed by atoms with Crippen molar-refractivity contribution in [2.75, 3.05) is 12.0 Å². The molecule has 2 rings (SSSR count). The third-order valence-electron chi connectivity index (χ3n) is 2.96. The molecule has 4 heteroatoms. The van der Waals surface area contributed by atoms with Crippen LogP contribution in [-0.2, 0) is 10.8 Å². The van der Waals surface area contributed by atoms with Crippen molar-refractivity contribution < 1.29 is 9.32 Å². The minimum Gasteiger partial charge on any atom is -0.506 e. The number of unbranched alkanes of at least 4 members (excludes halogenated alkanes) is 1. The van der Waals surface area contributed by atoms with Crippen LogP contribution in [0.2, 0.25) is 5.02 Å². The van der Waals surface area contributed by atoms with Gasteiger partial charge in [-0.05, 0) is 30.4 Å². The second kappa shape index (κ2) is 8.28. The third-order valence-corrected chi connectivity index (χ3v) is 4.11. The molecule has 1 atom stereocenters. The molecule has 0 saturated carbocycles. The van der Waals surface area contributed by atoms with Gasteiger partial charge < -0.3 is 5.11 Å². The lowest BCUT2D eigenvalue weighted by Crippen LogP contribution is -1.91.